The molecule has 1 heterocycles. The number of fused-ring (bicyclic) bond motifs is 1. The summed E-state index contributed by atoms with van der Waals surface area (Å²) in [6, 6.07) is 20.9. The number of nitrogens with one attached hydrogen (secondary N) is 2. The molecule has 1 aliphatic heterocycles. The van der Waals surface area contributed by atoms with E-state index in [1.165, 1.54) is 6.07 Å². The molecule has 1 unspecified atom stereocenters. The van der Waals surface area contributed by atoms with Crippen LogP contribution in [0.2, 0.25) is 0 Å². The summed E-state index contributed by atoms with van der Waals surface area (Å²) in [4.78, 5) is 39.1. The van der Waals surface area contributed by atoms with Crippen molar-refractivity contribution in [2.75, 3.05) is 11.9 Å². The van der Waals surface area contributed by atoms with Gasteiger partial charge in [-0.05, 0) is 41.5 Å². The zero-order valence-corrected chi connectivity index (χ0v) is 16.2. The monoisotopic (exact) mass is 398 g/mol. The highest BCUT2D eigenvalue weighted by molar-refractivity contribution is 6.11. The molecule has 4 amide bonds. The summed E-state index contributed by atoms with van der Waals surface area (Å²) >= 11 is 0. The van der Waals surface area contributed by atoms with Gasteiger partial charge in [-0.2, -0.15) is 5.26 Å². The predicted octanol–water partition coefficient (Wildman–Crippen LogP) is 3.12. The van der Waals surface area contributed by atoms with Crippen LogP contribution in [0.15, 0.2) is 66.7 Å². The first kappa shape index (κ1) is 19.2. The van der Waals surface area contributed by atoms with Crippen LogP contribution in [0.3, 0.4) is 0 Å². The van der Waals surface area contributed by atoms with Crippen LogP contribution in [-0.2, 0) is 15.1 Å². The molecule has 1 aliphatic rings. The Labute approximate surface area is 172 Å². The van der Waals surface area contributed by atoms with Gasteiger partial charge in [-0.1, -0.05) is 48.5 Å². The van der Waals surface area contributed by atoms with Crippen molar-refractivity contribution in [1.82, 2.24) is 10.2 Å². The van der Waals surface area contributed by atoms with E-state index in [9.17, 15) is 14.4 Å². The first-order valence-corrected chi connectivity index (χ1v) is 9.35. The minimum absolute atomic E-state index is 0.395. The molecule has 0 saturated carbocycles. The standard InChI is InChI=1S/C23H18N4O3/c1-23(19-11-5-8-16-7-2-3-10-18(16)19)21(29)27(22(30)26-23)14-20(28)25-17-9-4-6-15(12-17)13-24/h2-12H,14H2,1H3,(H,25,28)(H,26,30). The molecule has 7 nitrogen and oxygen atoms in total. The molecule has 0 spiro atoms. The summed E-state index contributed by atoms with van der Waals surface area (Å²) in [5.41, 5.74) is 0.205. The molecule has 3 aromatic rings. The van der Waals surface area contributed by atoms with E-state index in [2.05, 4.69) is 10.6 Å². The lowest BCUT2D eigenvalue weighted by Crippen LogP contribution is -2.42. The van der Waals surface area contributed by atoms with E-state index in [0.717, 1.165) is 15.7 Å². The number of hydrogen-bond acceptors (Lipinski definition) is 4. The lowest BCUT2D eigenvalue weighted by Gasteiger charge is -2.24. The van der Waals surface area contributed by atoms with E-state index in [1.54, 1.807) is 31.2 Å². The van der Waals surface area contributed by atoms with Crippen molar-refractivity contribution < 1.29 is 14.4 Å². The highest BCUT2D eigenvalue weighted by Gasteiger charge is 2.50. The molecule has 0 radical (unpaired) electrons. The van der Waals surface area contributed by atoms with Crippen molar-refractivity contribution >= 4 is 34.3 Å². The fraction of sp³-hybridized carbons (Fsp3) is 0.130. The summed E-state index contributed by atoms with van der Waals surface area (Å²) in [7, 11) is 0. The molecule has 1 fully saturated rings. The van der Waals surface area contributed by atoms with Gasteiger partial charge in [0.1, 0.15) is 12.1 Å². The zero-order valence-electron chi connectivity index (χ0n) is 16.2. The molecule has 3 aromatic carbocycles. The van der Waals surface area contributed by atoms with Crippen LogP contribution in [0.25, 0.3) is 10.8 Å². The molecule has 148 valence electrons. The highest BCUT2D eigenvalue weighted by atomic mass is 16.2. The number of carbonyl (C=O) groups excluding carboxylic acids is 3. The number of amides is 4. The van der Waals surface area contributed by atoms with E-state index < -0.39 is 29.9 Å². The third-order valence-corrected chi connectivity index (χ3v) is 5.18. The summed E-state index contributed by atoms with van der Waals surface area (Å²) in [6.07, 6.45) is 0. The van der Waals surface area contributed by atoms with Gasteiger partial charge < -0.3 is 10.6 Å². The van der Waals surface area contributed by atoms with Gasteiger partial charge in [0, 0.05) is 5.69 Å². The molecule has 0 bridgehead atoms. The second-order valence-electron chi connectivity index (χ2n) is 7.21. The molecule has 30 heavy (non-hydrogen) atoms. The van der Waals surface area contributed by atoms with Crippen LogP contribution in [-0.4, -0.2) is 29.3 Å². The maximum atomic E-state index is 13.2. The molecule has 4 rings (SSSR count). The van der Waals surface area contributed by atoms with Crippen molar-refractivity contribution in [2.24, 2.45) is 0 Å². The molecule has 0 aliphatic carbocycles. The fourth-order valence-electron chi connectivity index (χ4n) is 3.70. The van der Waals surface area contributed by atoms with Gasteiger partial charge in [0.15, 0.2) is 0 Å². The number of hydrogen-bond donors (Lipinski definition) is 2. The second kappa shape index (κ2) is 7.33. The van der Waals surface area contributed by atoms with E-state index in [0.29, 0.717) is 16.8 Å². The average molecular weight is 398 g/mol. The van der Waals surface area contributed by atoms with Gasteiger partial charge in [0.2, 0.25) is 5.91 Å². The van der Waals surface area contributed by atoms with Crippen LogP contribution in [0.1, 0.15) is 18.1 Å². The van der Waals surface area contributed by atoms with Crippen molar-refractivity contribution in [1.29, 1.82) is 5.26 Å². The zero-order chi connectivity index (χ0) is 21.3. The minimum atomic E-state index is -1.28. The smallest absolute Gasteiger partial charge is 0.324 e. The third kappa shape index (κ3) is 3.25. The van der Waals surface area contributed by atoms with Gasteiger partial charge in [-0.25, -0.2) is 4.79 Å². The number of benzene rings is 3. The number of carbonyl (C=O) groups is 3. The topological polar surface area (TPSA) is 102 Å². The van der Waals surface area contributed by atoms with Crippen molar-refractivity contribution in [3.63, 3.8) is 0 Å². The van der Waals surface area contributed by atoms with Gasteiger partial charge in [-0.15, -0.1) is 0 Å². The van der Waals surface area contributed by atoms with Gasteiger partial charge >= 0.3 is 6.03 Å². The number of nitrogens with zero attached hydrogens (tertiary/aromatic N) is 2. The molecule has 1 atom stereocenters. The quantitative estimate of drug-likeness (QED) is 0.659. The summed E-state index contributed by atoms with van der Waals surface area (Å²) < 4.78 is 0. The van der Waals surface area contributed by atoms with Gasteiger partial charge in [0.05, 0.1) is 11.6 Å². The Kier molecular flexibility index (Phi) is 4.68. The van der Waals surface area contributed by atoms with Crippen molar-refractivity contribution in [2.45, 2.75) is 12.5 Å². The number of nitriles is 1. The molecule has 2 N–H and O–H groups in total. The highest BCUT2D eigenvalue weighted by Crippen LogP contribution is 2.33. The van der Waals surface area contributed by atoms with Crippen LogP contribution in [0.5, 0.6) is 0 Å². The average Bonchev–Trinajstić information content (AvgIpc) is 2.97. The number of urea groups is 1. The normalized spacial score (nSPS) is 18.2. The SMILES string of the molecule is CC1(c2cccc3ccccc23)NC(=O)N(CC(=O)Nc2cccc(C#N)c2)C1=O. The summed E-state index contributed by atoms with van der Waals surface area (Å²) in [5, 5.41) is 16.1. The van der Waals surface area contributed by atoms with Gasteiger partial charge in [-0.3, -0.25) is 14.5 Å². The van der Waals surface area contributed by atoms with Crippen LogP contribution in [0.4, 0.5) is 10.5 Å². The molecule has 1 saturated heterocycles. The molecule has 7 heteroatoms. The molecular formula is C23H18N4O3. The lowest BCUT2D eigenvalue weighted by molar-refractivity contribution is -0.133. The Morgan fingerprint density at radius 3 is 2.63 bits per heavy atom. The lowest BCUT2D eigenvalue weighted by atomic mass is 9.88. The number of imide groups is 1. The molecule has 0 aromatic heterocycles. The fourth-order valence-corrected chi connectivity index (χ4v) is 3.70. The maximum Gasteiger partial charge on any atom is 0.325 e. The van der Waals surface area contributed by atoms with Crippen molar-refractivity contribution in [3.05, 3.63) is 77.9 Å². The first-order chi connectivity index (χ1) is 14.4. The Morgan fingerprint density at radius 2 is 1.83 bits per heavy atom. The van der Waals surface area contributed by atoms with Crippen molar-refractivity contribution in [3.8, 4) is 6.07 Å². The summed E-state index contributed by atoms with van der Waals surface area (Å²) in [5.74, 6) is -1.03. The predicted molar refractivity (Wildman–Crippen MR) is 111 cm³/mol. The first-order valence-electron chi connectivity index (χ1n) is 9.35. The van der Waals surface area contributed by atoms with Gasteiger partial charge in [0.25, 0.3) is 5.91 Å². The van der Waals surface area contributed by atoms with E-state index >= 15 is 0 Å². The third-order valence-electron chi connectivity index (χ3n) is 5.18. The van der Waals surface area contributed by atoms with E-state index in [4.69, 9.17) is 5.26 Å². The Morgan fingerprint density at radius 1 is 1.10 bits per heavy atom. The minimum Gasteiger partial charge on any atom is -0.324 e. The van der Waals surface area contributed by atoms with E-state index in [-0.39, 0.29) is 0 Å². The Balaban J connectivity index is 1.58. The number of rotatable bonds is 4. The largest absolute Gasteiger partial charge is 0.325 e. The van der Waals surface area contributed by atoms with Crippen LogP contribution in [0, 0.1) is 11.3 Å². The van der Waals surface area contributed by atoms with Crippen LogP contribution >= 0.6 is 0 Å². The molecular weight excluding hydrogens is 380 g/mol. The Bertz CT molecular complexity index is 1230. The van der Waals surface area contributed by atoms with Crippen LogP contribution < -0.4 is 10.6 Å². The van der Waals surface area contributed by atoms with E-state index in [1.807, 2.05) is 42.5 Å². The second-order valence-corrected chi connectivity index (χ2v) is 7.21. The maximum absolute atomic E-state index is 13.2. The summed E-state index contributed by atoms with van der Waals surface area (Å²) in [6.45, 7) is 1.21. The number of anilines is 1. The Hall–Kier alpha value is -4.18.